The van der Waals surface area contributed by atoms with Crippen LogP contribution in [0, 0.1) is 15.9 Å². The number of carbonyl (C=O) groups is 1. The van der Waals surface area contributed by atoms with Gasteiger partial charge in [-0.2, -0.15) is 0 Å². The van der Waals surface area contributed by atoms with Crippen molar-refractivity contribution < 1.29 is 18.8 Å². The summed E-state index contributed by atoms with van der Waals surface area (Å²) in [7, 11) is 0. The summed E-state index contributed by atoms with van der Waals surface area (Å²) in [6.07, 6.45) is 2.29. The molecule has 1 N–H and O–H groups in total. The van der Waals surface area contributed by atoms with Gasteiger partial charge in [0.25, 0.3) is 5.69 Å². The van der Waals surface area contributed by atoms with Gasteiger partial charge < -0.3 is 10.1 Å². The fourth-order valence-corrected chi connectivity index (χ4v) is 3.13. The molecule has 1 aromatic rings. The number of hydrogen-bond donors (Lipinski definition) is 1. The van der Waals surface area contributed by atoms with E-state index in [2.05, 4.69) is 10.2 Å². The Morgan fingerprint density at radius 1 is 1.30 bits per heavy atom. The van der Waals surface area contributed by atoms with Crippen molar-refractivity contribution in [3.63, 3.8) is 0 Å². The Kier molecular flexibility index (Phi) is 4.42. The SMILES string of the molecule is O=C1OCCC1N1CCC(Nc2ccc([N+](=O)[O-])cc2F)CC1. The van der Waals surface area contributed by atoms with Crippen LogP contribution in [0.5, 0.6) is 0 Å². The number of halogens is 1. The highest BCUT2D eigenvalue weighted by atomic mass is 19.1. The molecular formula is C15H18FN3O4. The van der Waals surface area contributed by atoms with Gasteiger partial charge in [-0.15, -0.1) is 0 Å². The van der Waals surface area contributed by atoms with Gasteiger partial charge in [0.05, 0.1) is 23.3 Å². The van der Waals surface area contributed by atoms with Crippen molar-refractivity contribution in [1.29, 1.82) is 0 Å². The van der Waals surface area contributed by atoms with E-state index in [0.717, 1.165) is 38.4 Å². The highest BCUT2D eigenvalue weighted by molar-refractivity contribution is 5.77. The Morgan fingerprint density at radius 3 is 2.61 bits per heavy atom. The molecule has 0 amide bonds. The van der Waals surface area contributed by atoms with Crippen molar-refractivity contribution in [2.24, 2.45) is 0 Å². The molecule has 0 saturated carbocycles. The number of likely N-dealkylation sites (tertiary alicyclic amines) is 1. The normalized spacial score (nSPS) is 22.8. The average molecular weight is 323 g/mol. The maximum atomic E-state index is 13.9. The summed E-state index contributed by atoms with van der Waals surface area (Å²) in [6, 6.07) is 3.54. The zero-order valence-electron chi connectivity index (χ0n) is 12.5. The molecule has 1 unspecified atom stereocenters. The molecule has 1 atom stereocenters. The highest BCUT2D eigenvalue weighted by Crippen LogP contribution is 2.25. The standard InChI is InChI=1S/C15H18FN3O4/c16-12-9-11(19(21)22)1-2-13(12)17-10-3-6-18(7-4-10)14-5-8-23-15(14)20/h1-2,9-10,14,17H,3-8H2. The van der Waals surface area contributed by atoms with Crippen LogP contribution in [0.2, 0.25) is 0 Å². The van der Waals surface area contributed by atoms with Gasteiger partial charge in [0, 0.05) is 31.6 Å². The van der Waals surface area contributed by atoms with Gasteiger partial charge in [0.15, 0.2) is 5.82 Å². The predicted octanol–water partition coefficient (Wildman–Crippen LogP) is 1.93. The molecular weight excluding hydrogens is 305 g/mol. The fourth-order valence-electron chi connectivity index (χ4n) is 3.13. The highest BCUT2D eigenvalue weighted by Gasteiger charge is 2.34. The van der Waals surface area contributed by atoms with Gasteiger partial charge in [-0.1, -0.05) is 0 Å². The van der Waals surface area contributed by atoms with Gasteiger partial charge >= 0.3 is 5.97 Å². The maximum absolute atomic E-state index is 13.9. The molecule has 0 spiro atoms. The Hall–Kier alpha value is -2.22. The number of hydrogen-bond acceptors (Lipinski definition) is 6. The molecule has 0 aliphatic carbocycles. The van der Waals surface area contributed by atoms with E-state index in [9.17, 15) is 19.3 Å². The number of cyclic esters (lactones) is 1. The zero-order chi connectivity index (χ0) is 16.4. The van der Waals surface area contributed by atoms with E-state index in [1.807, 2.05) is 0 Å². The molecule has 124 valence electrons. The van der Waals surface area contributed by atoms with E-state index in [4.69, 9.17) is 4.74 Å². The van der Waals surface area contributed by atoms with E-state index >= 15 is 0 Å². The van der Waals surface area contributed by atoms with Gasteiger partial charge in [-0.25, -0.2) is 4.39 Å². The fraction of sp³-hybridized carbons (Fsp3) is 0.533. The number of ether oxygens (including phenoxy) is 1. The van der Waals surface area contributed by atoms with Crippen molar-refractivity contribution in [1.82, 2.24) is 4.90 Å². The minimum absolute atomic E-state index is 0.0830. The lowest BCUT2D eigenvalue weighted by Crippen LogP contribution is -2.46. The van der Waals surface area contributed by atoms with Crippen molar-refractivity contribution in [3.05, 3.63) is 34.1 Å². The summed E-state index contributed by atoms with van der Waals surface area (Å²) in [6.45, 7) is 1.97. The number of carbonyl (C=O) groups excluding carboxylic acids is 1. The summed E-state index contributed by atoms with van der Waals surface area (Å²) in [5.74, 6) is -0.779. The second-order valence-electron chi connectivity index (χ2n) is 5.85. The van der Waals surface area contributed by atoms with Crippen LogP contribution >= 0.6 is 0 Å². The molecule has 2 aliphatic heterocycles. The van der Waals surface area contributed by atoms with Crippen molar-refractivity contribution >= 4 is 17.3 Å². The van der Waals surface area contributed by atoms with Gasteiger partial charge in [0.2, 0.25) is 0 Å². The third kappa shape index (κ3) is 3.42. The summed E-state index contributed by atoms with van der Waals surface area (Å²) in [5, 5.41) is 13.7. The first kappa shape index (κ1) is 15.7. The lowest BCUT2D eigenvalue weighted by molar-refractivity contribution is -0.385. The topological polar surface area (TPSA) is 84.7 Å². The summed E-state index contributed by atoms with van der Waals surface area (Å²) in [4.78, 5) is 23.7. The molecule has 8 heteroatoms. The predicted molar refractivity (Wildman–Crippen MR) is 80.6 cm³/mol. The number of nitro groups is 1. The molecule has 0 aromatic heterocycles. The molecule has 2 heterocycles. The Bertz CT molecular complexity index is 617. The van der Waals surface area contributed by atoms with Gasteiger partial charge in [-0.05, 0) is 18.9 Å². The number of nitrogens with zero attached hydrogens (tertiary/aromatic N) is 2. The summed E-state index contributed by atoms with van der Waals surface area (Å²) < 4.78 is 18.9. The number of nitrogens with one attached hydrogen (secondary N) is 1. The Labute approximate surface area is 132 Å². The van der Waals surface area contributed by atoms with E-state index in [1.54, 1.807) is 0 Å². The number of nitro benzene ring substituents is 1. The van der Waals surface area contributed by atoms with Crippen LogP contribution in [-0.2, 0) is 9.53 Å². The van der Waals surface area contributed by atoms with Crippen LogP contribution in [-0.4, -0.2) is 47.6 Å². The number of piperidine rings is 1. The van der Waals surface area contributed by atoms with E-state index in [-0.39, 0.29) is 29.4 Å². The number of rotatable bonds is 4. The van der Waals surface area contributed by atoms with Crippen LogP contribution in [0.3, 0.4) is 0 Å². The van der Waals surface area contributed by atoms with E-state index in [0.29, 0.717) is 6.61 Å². The zero-order valence-corrected chi connectivity index (χ0v) is 12.5. The third-order valence-corrected chi connectivity index (χ3v) is 4.40. The smallest absolute Gasteiger partial charge is 0.323 e. The quantitative estimate of drug-likeness (QED) is 0.518. The molecule has 2 aliphatic rings. The largest absolute Gasteiger partial charge is 0.464 e. The maximum Gasteiger partial charge on any atom is 0.323 e. The minimum Gasteiger partial charge on any atom is -0.464 e. The van der Waals surface area contributed by atoms with Crippen LogP contribution in [0.4, 0.5) is 15.8 Å². The van der Waals surface area contributed by atoms with E-state index < -0.39 is 10.7 Å². The summed E-state index contributed by atoms with van der Waals surface area (Å²) in [5.41, 5.74) is 0.0111. The molecule has 3 rings (SSSR count). The Morgan fingerprint density at radius 2 is 2.04 bits per heavy atom. The van der Waals surface area contributed by atoms with Crippen molar-refractivity contribution in [2.45, 2.75) is 31.3 Å². The van der Waals surface area contributed by atoms with Crippen LogP contribution in [0.15, 0.2) is 18.2 Å². The lowest BCUT2D eigenvalue weighted by atomic mass is 10.0. The first-order chi connectivity index (χ1) is 11.0. The van der Waals surface area contributed by atoms with Gasteiger partial charge in [-0.3, -0.25) is 19.8 Å². The Balaban J connectivity index is 1.56. The second-order valence-corrected chi connectivity index (χ2v) is 5.85. The van der Waals surface area contributed by atoms with Crippen molar-refractivity contribution in [3.8, 4) is 0 Å². The average Bonchev–Trinajstić information content (AvgIpc) is 2.96. The van der Waals surface area contributed by atoms with E-state index in [1.165, 1.54) is 12.1 Å². The molecule has 0 radical (unpaired) electrons. The first-order valence-corrected chi connectivity index (χ1v) is 7.66. The lowest BCUT2D eigenvalue weighted by Gasteiger charge is -2.34. The van der Waals surface area contributed by atoms with Crippen LogP contribution < -0.4 is 5.32 Å². The number of anilines is 1. The van der Waals surface area contributed by atoms with Crippen LogP contribution in [0.25, 0.3) is 0 Å². The second kappa shape index (κ2) is 6.49. The van der Waals surface area contributed by atoms with Gasteiger partial charge in [0.1, 0.15) is 6.04 Å². The number of benzene rings is 1. The summed E-state index contributed by atoms with van der Waals surface area (Å²) >= 11 is 0. The van der Waals surface area contributed by atoms with Crippen LogP contribution in [0.1, 0.15) is 19.3 Å². The number of non-ortho nitro benzene ring substituents is 1. The number of esters is 1. The molecule has 2 fully saturated rings. The first-order valence-electron chi connectivity index (χ1n) is 7.66. The monoisotopic (exact) mass is 323 g/mol. The minimum atomic E-state index is -0.624. The molecule has 1 aromatic carbocycles. The van der Waals surface area contributed by atoms with Crippen molar-refractivity contribution in [2.75, 3.05) is 25.0 Å². The molecule has 7 nitrogen and oxygen atoms in total. The molecule has 0 bridgehead atoms. The molecule has 23 heavy (non-hydrogen) atoms. The molecule has 2 saturated heterocycles. The third-order valence-electron chi connectivity index (χ3n) is 4.40.